The first-order valence-electron chi connectivity index (χ1n) is 7.66. The molecule has 0 bridgehead atoms. The molecule has 24 heavy (non-hydrogen) atoms. The maximum atomic E-state index is 12.3. The van der Waals surface area contributed by atoms with Gasteiger partial charge in [-0.2, -0.15) is 9.40 Å². The molecule has 9 heteroatoms. The van der Waals surface area contributed by atoms with Crippen LogP contribution in [0.25, 0.3) is 0 Å². The Balaban J connectivity index is 1.69. The first-order chi connectivity index (χ1) is 11.2. The van der Waals surface area contributed by atoms with E-state index in [1.165, 1.54) is 21.3 Å². The fourth-order valence-corrected chi connectivity index (χ4v) is 3.98. The standard InChI is InChI=1S/C15H20N4O4S/c1-15(2,3)13-4-5-14(20)19(17-13)9-11-7-18(8-11)24(21,22)12-6-16-23-10-12/h4-6,10-11H,7-9H2,1-3H3. The minimum atomic E-state index is -3.56. The molecular formula is C15H20N4O4S. The average Bonchev–Trinajstić information content (AvgIpc) is 2.97. The molecule has 0 unspecified atom stereocenters. The van der Waals surface area contributed by atoms with Crippen LogP contribution in [-0.2, 0) is 22.0 Å². The van der Waals surface area contributed by atoms with Crippen molar-refractivity contribution >= 4 is 10.0 Å². The van der Waals surface area contributed by atoms with Crippen LogP contribution in [-0.4, -0.2) is 40.7 Å². The van der Waals surface area contributed by atoms with E-state index >= 15 is 0 Å². The predicted octanol–water partition coefficient (Wildman–Crippen LogP) is 0.849. The highest BCUT2D eigenvalue weighted by Gasteiger charge is 2.38. The topological polar surface area (TPSA) is 98.3 Å². The first kappa shape index (κ1) is 16.8. The lowest BCUT2D eigenvalue weighted by molar-refractivity contribution is 0.172. The summed E-state index contributed by atoms with van der Waals surface area (Å²) in [4.78, 5) is 12.0. The number of hydrogen-bond donors (Lipinski definition) is 0. The van der Waals surface area contributed by atoms with Gasteiger partial charge < -0.3 is 4.52 Å². The summed E-state index contributed by atoms with van der Waals surface area (Å²) in [7, 11) is -3.56. The van der Waals surface area contributed by atoms with Crippen LogP contribution in [0.5, 0.6) is 0 Å². The van der Waals surface area contributed by atoms with E-state index in [-0.39, 0.29) is 21.8 Å². The van der Waals surface area contributed by atoms with Crippen LogP contribution in [0.3, 0.4) is 0 Å². The smallest absolute Gasteiger partial charge is 0.266 e. The Morgan fingerprint density at radius 1 is 1.29 bits per heavy atom. The van der Waals surface area contributed by atoms with Gasteiger partial charge in [0.25, 0.3) is 5.56 Å². The Bertz CT molecular complexity index is 875. The number of rotatable bonds is 4. The highest BCUT2D eigenvalue weighted by molar-refractivity contribution is 7.89. The van der Waals surface area contributed by atoms with E-state index in [0.717, 1.165) is 12.0 Å². The van der Waals surface area contributed by atoms with Crippen molar-refractivity contribution in [1.82, 2.24) is 19.2 Å². The quantitative estimate of drug-likeness (QED) is 0.809. The molecule has 1 aliphatic heterocycles. The Kier molecular flexibility index (Phi) is 4.08. The minimum absolute atomic E-state index is 0.0472. The van der Waals surface area contributed by atoms with Gasteiger partial charge in [-0.25, -0.2) is 13.1 Å². The summed E-state index contributed by atoms with van der Waals surface area (Å²) < 4.78 is 31.9. The maximum absolute atomic E-state index is 12.3. The van der Waals surface area contributed by atoms with Gasteiger partial charge in [0.05, 0.1) is 18.4 Å². The van der Waals surface area contributed by atoms with Gasteiger partial charge in [0.1, 0.15) is 11.2 Å². The lowest BCUT2D eigenvalue weighted by Crippen LogP contribution is -2.52. The molecule has 0 aliphatic carbocycles. The third-order valence-electron chi connectivity index (χ3n) is 4.04. The summed E-state index contributed by atoms with van der Waals surface area (Å²) in [5, 5.41) is 7.84. The summed E-state index contributed by atoms with van der Waals surface area (Å²) >= 11 is 0. The lowest BCUT2D eigenvalue weighted by Gasteiger charge is -2.37. The molecule has 0 N–H and O–H groups in total. The van der Waals surface area contributed by atoms with Crippen molar-refractivity contribution in [3.05, 3.63) is 40.6 Å². The van der Waals surface area contributed by atoms with Gasteiger partial charge in [-0.1, -0.05) is 25.9 Å². The van der Waals surface area contributed by atoms with Crippen molar-refractivity contribution < 1.29 is 12.9 Å². The predicted molar refractivity (Wildman–Crippen MR) is 85.9 cm³/mol. The molecule has 8 nitrogen and oxygen atoms in total. The van der Waals surface area contributed by atoms with Crippen molar-refractivity contribution in [3.8, 4) is 0 Å². The molecule has 3 rings (SSSR count). The summed E-state index contributed by atoms with van der Waals surface area (Å²) in [6.07, 6.45) is 2.29. The normalized spacial score (nSPS) is 17.0. The zero-order valence-electron chi connectivity index (χ0n) is 13.8. The molecule has 0 amide bonds. The van der Waals surface area contributed by atoms with Crippen molar-refractivity contribution in [2.24, 2.45) is 5.92 Å². The number of nitrogens with zero attached hydrogens (tertiary/aromatic N) is 4. The van der Waals surface area contributed by atoms with E-state index in [1.54, 1.807) is 6.07 Å². The van der Waals surface area contributed by atoms with Gasteiger partial charge in [-0.15, -0.1) is 0 Å². The van der Waals surface area contributed by atoms with Crippen LogP contribution in [0.15, 0.2) is 38.8 Å². The minimum Gasteiger partial charge on any atom is -0.363 e. The summed E-state index contributed by atoms with van der Waals surface area (Å²) in [6.45, 7) is 7.18. The van der Waals surface area contributed by atoms with E-state index in [0.29, 0.717) is 19.6 Å². The molecule has 2 aromatic rings. The van der Waals surface area contributed by atoms with Crippen LogP contribution in [0, 0.1) is 5.92 Å². The van der Waals surface area contributed by atoms with Gasteiger partial charge in [0.2, 0.25) is 10.0 Å². The molecule has 3 heterocycles. The van der Waals surface area contributed by atoms with Gasteiger partial charge in [-0.3, -0.25) is 4.79 Å². The van der Waals surface area contributed by atoms with Crippen molar-refractivity contribution in [3.63, 3.8) is 0 Å². The SMILES string of the molecule is CC(C)(C)c1ccc(=O)n(CC2CN(S(=O)(=O)c3cnoc3)C2)n1. The molecule has 0 radical (unpaired) electrons. The summed E-state index contributed by atoms with van der Waals surface area (Å²) in [5.74, 6) is 0.0556. The summed E-state index contributed by atoms with van der Waals surface area (Å²) in [5.41, 5.74) is 0.498. The highest BCUT2D eigenvalue weighted by Crippen LogP contribution is 2.25. The van der Waals surface area contributed by atoms with Crippen LogP contribution >= 0.6 is 0 Å². The molecule has 0 saturated carbocycles. The second-order valence-electron chi connectivity index (χ2n) is 7.04. The second kappa shape index (κ2) is 5.82. The molecular weight excluding hydrogens is 332 g/mol. The molecule has 1 fully saturated rings. The van der Waals surface area contributed by atoms with E-state index < -0.39 is 10.0 Å². The zero-order valence-corrected chi connectivity index (χ0v) is 14.7. The van der Waals surface area contributed by atoms with Gasteiger partial charge in [0, 0.05) is 30.5 Å². The van der Waals surface area contributed by atoms with Crippen LogP contribution in [0.4, 0.5) is 0 Å². The average molecular weight is 352 g/mol. The van der Waals surface area contributed by atoms with Crippen molar-refractivity contribution in [2.45, 2.75) is 37.6 Å². The monoisotopic (exact) mass is 352 g/mol. The number of sulfonamides is 1. The third-order valence-corrected chi connectivity index (χ3v) is 5.81. The second-order valence-corrected chi connectivity index (χ2v) is 8.98. The largest absolute Gasteiger partial charge is 0.363 e. The first-order valence-corrected chi connectivity index (χ1v) is 9.10. The molecule has 0 spiro atoms. The van der Waals surface area contributed by atoms with Crippen molar-refractivity contribution in [1.29, 1.82) is 0 Å². The van der Waals surface area contributed by atoms with Gasteiger partial charge in [-0.05, 0) is 6.07 Å². The molecule has 0 atom stereocenters. The maximum Gasteiger partial charge on any atom is 0.266 e. The lowest BCUT2D eigenvalue weighted by atomic mass is 9.92. The molecule has 2 aromatic heterocycles. The molecule has 0 aromatic carbocycles. The Morgan fingerprint density at radius 2 is 2.00 bits per heavy atom. The van der Waals surface area contributed by atoms with E-state index in [2.05, 4.69) is 14.8 Å². The third kappa shape index (κ3) is 3.13. The van der Waals surface area contributed by atoms with E-state index in [9.17, 15) is 13.2 Å². The fraction of sp³-hybridized carbons (Fsp3) is 0.533. The number of hydrogen-bond acceptors (Lipinski definition) is 6. The zero-order chi connectivity index (χ0) is 17.5. The van der Waals surface area contributed by atoms with Crippen molar-refractivity contribution in [2.75, 3.05) is 13.1 Å². The van der Waals surface area contributed by atoms with Crippen LogP contribution in [0.1, 0.15) is 26.5 Å². The molecule has 1 saturated heterocycles. The van der Waals surface area contributed by atoms with Gasteiger partial charge >= 0.3 is 0 Å². The van der Waals surface area contributed by atoms with Crippen LogP contribution in [0.2, 0.25) is 0 Å². The Morgan fingerprint density at radius 3 is 2.58 bits per heavy atom. The summed E-state index contributed by atoms with van der Waals surface area (Å²) in [6, 6.07) is 3.25. The Hall–Kier alpha value is -2.00. The number of aromatic nitrogens is 3. The molecule has 1 aliphatic rings. The van der Waals surface area contributed by atoms with E-state index in [4.69, 9.17) is 0 Å². The van der Waals surface area contributed by atoms with E-state index in [1.807, 2.05) is 20.8 Å². The Labute approximate surface area is 140 Å². The fourth-order valence-electron chi connectivity index (χ4n) is 2.53. The van der Waals surface area contributed by atoms with Gasteiger partial charge in [0.15, 0.2) is 0 Å². The highest BCUT2D eigenvalue weighted by atomic mass is 32.2. The molecule has 130 valence electrons. The van der Waals surface area contributed by atoms with Crippen LogP contribution < -0.4 is 5.56 Å².